The molecule has 0 radical (unpaired) electrons. The second kappa shape index (κ2) is 5.28. The first-order chi connectivity index (χ1) is 9.32. The molecule has 2 nitrogen and oxygen atoms in total. The van der Waals surface area contributed by atoms with E-state index in [1.54, 1.807) is 6.08 Å². The minimum Gasteiger partial charge on any atom is -0.405 e. The van der Waals surface area contributed by atoms with E-state index in [0.29, 0.717) is 11.6 Å². The average Bonchev–Trinajstić information content (AvgIpc) is 3.03. The largest absolute Gasteiger partial charge is 0.417 e. The molecule has 0 spiro atoms. The molecule has 0 saturated heterocycles. The smallest absolute Gasteiger partial charge is 0.405 e. The highest BCUT2D eigenvalue weighted by Gasteiger charge is 2.36. The summed E-state index contributed by atoms with van der Waals surface area (Å²) in [6, 6.07) is 2.55. The maximum absolute atomic E-state index is 13.1. The van der Waals surface area contributed by atoms with Gasteiger partial charge >= 0.3 is 6.18 Å². The number of alkyl halides is 3. The molecule has 1 aliphatic carbocycles. The molecule has 108 valence electrons. The van der Waals surface area contributed by atoms with E-state index in [0.717, 1.165) is 24.8 Å². The maximum atomic E-state index is 13.1. The van der Waals surface area contributed by atoms with Crippen LogP contribution >= 0.6 is 0 Å². The zero-order valence-electron chi connectivity index (χ0n) is 10.5. The van der Waals surface area contributed by atoms with Crippen LogP contribution < -0.4 is 11.5 Å². The summed E-state index contributed by atoms with van der Waals surface area (Å²) in [7, 11) is 0. The molecule has 20 heavy (non-hydrogen) atoms. The summed E-state index contributed by atoms with van der Waals surface area (Å²) in [6.45, 7) is 0. The van der Waals surface area contributed by atoms with E-state index in [2.05, 4.69) is 0 Å². The van der Waals surface area contributed by atoms with Crippen molar-refractivity contribution in [2.75, 3.05) is 0 Å². The molecule has 1 saturated carbocycles. The van der Waals surface area contributed by atoms with E-state index in [4.69, 9.17) is 11.5 Å². The van der Waals surface area contributed by atoms with Gasteiger partial charge in [-0.1, -0.05) is 12.1 Å². The molecule has 2 atom stereocenters. The van der Waals surface area contributed by atoms with Crippen molar-refractivity contribution in [1.82, 2.24) is 0 Å². The second-order valence-corrected chi connectivity index (χ2v) is 4.73. The van der Waals surface area contributed by atoms with Crippen LogP contribution in [-0.2, 0) is 6.18 Å². The Hall–Kier alpha value is -1.82. The van der Waals surface area contributed by atoms with Gasteiger partial charge in [-0.25, -0.2) is 4.39 Å². The quantitative estimate of drug-likeness (QED) is 0.663. The molecular formula is C14H14F4N2. The number of nitrogens with two attached hydrogens (primary N) is 2. The topological polar surface area (TPSA) is 52.0 Å². The normalized spacial score (nSPS) is 23.4. The highest BCUT2D eigenvalue weighted by Crippen LogP contribution is 2.38. The molecule has 1 aliphatic rings. The molecule has 0 heterocycles. The lowest BCUT2D eigenvalue weighted by Gasteiger charge is -2.14. The zero-order chi connectivity index (χ0) is 14.9. The predicted octanol–water partition coefficient (Wildman–Crippen LogP) is 3.05. The van der Waals surface area contributed by atoms with E-state index >= 15 is 0 Å². The fourth-order valence-electron chi connectivity index (χ4n) is 2.00. The molecule has 2 rings (SSSR count). The van der Waals surface area contributed by atoms with Gasteiger partial charge in [-0.3, -0.25) is 0 Å². The highest BCUT2D eigenvalue weighted by atomic mass is 19.4. The number of hydrogen-bond donors (Lipinski definition) is 2. The number of rotatable bonds is 3. The Morgan fingerprint density at radius 2 is 1.95 bits per heavy atom. The SMILES string of the molecule is N/C=C\C(=C/C1CC1N)c1ccc(F)cc1C(F)(F)F. The number of allylic oxidation sites excluding steroid dienone is 2. The van der Waals surface area contributed by atoms with Gasteiger partial charge in [0.2, 0.25) is 0 Å². The maximum Gasteiger partial charge on any atom is 0.417 e. The van der Waals surface area contributed by atoms with Gasteiger partial charge in [0.25, 0.3) is 0 Å². The minimum atomic E-state index is -4.63. The van der Waals surface area contributed by atoms with Crippen LogP contribution in [0.5, 0.6) is 0 Å². The van der Waals surface area contributed by atoms with Crippen LogP contribution in [0.1, 0.15) is 17.5 Å². The third kappa shape index (κ3) is 3.19. The van der Waals surface area contributed by atoms with E-state index in [-0.39, 0.29) is 17.5 Å². The van der Waals surface area contributed by atoms with Gasteiger partial charge < -0.3 is 11.5 Å². The van der Waals surface area contributed by atoms with Gasteiger partial charge in [-0.2, -0.15) is 13.2 Å². The molecule has 2 unspecified atom stereocenters. The zero-order valence-corrected chi connectivity index (χ0v) is 10.5. The van der Waals surface area contributed by atoms with Gasteiger partial charge in [0.15, 0.2) is 0 Å². The lowest BCUT2D eigenvalue weighted by Crippen LogP contribution is -2.09. The third-order valence-corrected chi connectivity index (χ3v) is 3.16. The molecule has 6 heteroatoms. The average molecular weight is 286 g/mol. The standard InChI is InChI=1S/C14H14F4N2/c15-10-1-2-11(12(7-10)14(16,17)18)8(3-4-19)5-9-6-13(9)20/h1-5,7,9,13H,6,19-20H2/b4-3-,8-5+. The first-order valence-electron chi connectivity index (χ1n) is 6.05. The Morgan fingerprint density at radius 1 is 1.30 bits per heavy atom. The van der Waals surface area contributed by atoms with Crippen molar-refractivity contribution >= 4 is 5.57 Å². The van der Waals surface area contributed by atoms with Gasteiger partial charge in [-0.05, 0) is 47.9 Å². The van der Waals surface area contributed by atoms with Crippen LogP contribution in [0.3, 0.4) is 0 Å². The summed E-state index contributed by atoms with van der Waals surface area (Å²) in [6.07, 6.45) is 0.266. The van der Waals surface area contributed by atoms with Crippen molar-refractivity contribution in [1.29, 1.82) is 0 Å². The monoisotopic (exact) mass is 286 g/mol. The summed E-state index contributed by atoms with van der Waals surface area (Å²) in [4.78, 5) is 0. The van der Waals surface area contributed by atoms with Crippen LogP contribution in [-0.4, -0.2) is 6.04 Å². The fraction of sp³-hybridized carbons (Fsp3) is 0.286. The van der Waals surface area contributed by atoms with Crippen molar-refractivity contribution in [2.24, 2.45) is 17.4 Å². The van der Waals surface area contributed by atoms with Crippen molar-refractivity contribution in [3.63, 3.8) is 0 Å². The number of halogens is 4. The molecule has 1 fully saturated rings. The third-order valence-electron chi connectivity index (χ3n) is 3.16. The minimum absolute atomic E-state index is 0.0346. The Morgan fingerprint density at radius 3 is 2.45 bits per heavy atom. The lowest BCUT2D eigenvalue weighted by atomic mass is 9.97. The Kier molecular flexibility index (Phi) is 3.85. The second-order valence-electron chi connectivity index (χ2n) is 4.73. The summed E-state index contributed by atoms with van der Waals surface area (Å²) >= 11 is 0. The molecule has 4 N–H and O–H groups in total. The number of benzene rings is 1. The van der Waals surface area contributed by atoms with Crippen molar-refractivity contribution in [3.8, 4) is 0 Å². The summed E-state index contributed by atoms with van der Waals surface area (Å²) in [5, 5.41) is 0. The molecule has 0 bridgehead atoms. The molecule has 0 aromatic heterocycles. The predicted molar refractivity (Wildman–Crippen MR) is 68.8 cm³/mol. The van der Waals surface area contributed by atoms with Gasteiger partial charge in [-0.15, -0.1) is 0 Å². The van der Waals surface area contributed by atoms with Crippen LogP contribution in [0.2, 0.25) is 0 Å². The molecule has 1 aromatic rings. The van der Waals surface area contributed by atoms with Gasteiger partial charge in [0.05, 0.1) is 5.56 Å². The van der Waals surface area contributed by atoms with Crippen LogP contribution in [0.15, 0.2) is 36.6 Å². The first kappa shape index (κ1) is 14.6. The molecular weight excluding hydrogens is 272 g/mol. The lowest BCUT2D eigenvalue weighted by molar-refractivity contribution is -0.137. The Labute approximate surface area is 113 Å². The van der Waals surface area contributed by atoms with Crippen LogP contribution in [0.25, 0.3) is 5.57 Å². The van der Waals surface area contributed by atoms with E-state index in [1.807, 2.05) is 0 Å². The summed E-state index contributed by atoms with van der Waals surface area (Å²) < 4.78 is 52.0. The Balaban J connectivity index is 2.51. The van der Waals surface area contributed by atoms with Gasteiger partial charge in [0, 0.05) is 6.04 Å². The first-order valence-corrected chi connectivity index (χ1v) is 6.05. The summed E-state index contributed by atoms with van der Waals surface area (Å²) in [5.74, 6) is -0.896. The summed E-state index contributed by atoms with van der Waals surface area (Å²) in [5.41, 5.74) is 10.1. The van der Waals surface area contributed by atoms with E-state index in [9.17, 15) is 17.6 Å². The van der Waals surface area contributed by atoms with Crippen LogP contribution in [0, 0.1) is 11.7 Å². The van der Waals surface area contributed by atoms with E-state index < -0.39 is 17.6 Å². The number of hydrogen-bond acceptors (Lipinski definition) is 2. The van der Waals surface area contributed by atoms with Crippen molar-refractivity contribution in [3.05, 3.63) is 53.5 Å². The van der Waals surface area contributed by atoms with Crippen LogP contribution in [0.4, 0.5) is 17.6 Å². The van der Waals surface area contributed by atoms with Gasteiger partial charge in [0.1, 0.15) is 5.82 Å². The molecule has 1 aromatic carbocycles. The van der Waals surface area contributed by atoms with Crippen molar-refractivity contribution < 1.29 is 17.6 Å². The molecule has 0 amide bonds. The van der Waals surface area contributed by atoms with E-state index in [1.165, 1.54) is 6.08 Å². The molecule has 0 aliphatic heterocycles. The Bertz CT molecular complexity index is 561. The fourth-order valence-corrected chi connectivity index (χ4v) is 2.00. The van der Waals surface area contributed by atoms with Crippen molar-refractivity contribution in [2.45, 2.75) is 18.6 Å². The highest BCUT2D eigenvalue weighted by molar-refractivity contribution is 5.77.